The van der Waals surface area contributed by atoms with E-state index >= 15 is 0 Å². The fourth-order valence-corrected chi connectivity index (χ4v) is 2.95. The van der Waals surface area contributed by atoms with Crippen LogP contribution in [0.2, 0.25) is 0 Å². The van der Waals surface area contributed by atoms with Crippen molar-refractivity contribution in [3.05, 3.63) is 35.0 Å². The number of rotatable bonds is 6. The van der Waals surface area contributed by atoms with Gasteiger partial charge in [0.2, 0.25) is 0 Å². The van der Waals surface area contributed by atoms with Crippen molar-refractivity contribution in [3.8, 4) is 10.7 Å². The maximum absolute atomic E-state index is 4.54. The summed E-state index contributed by atoms with van der Waals surface area (Å²) in [6.07, 6.45) is 5.95. The van der Waals surface area contributed by atoms with Crippen LogP contribution < -0.4 is 5.32 Å². The van der Waals surface area contributed by atoms with E-state index in [1.165, 1.54) is 10.4 Å². The van der Waals surface area contributed by atoms with E-state index in [1.807, 2.05) is 18.5 Å². The van der Waals surface area contributed by atoms with Crippen LogP contribution in [0, 0.1) is 0 Å². The van der Waals surface area contributed by atoms with Crippen LogP contribution in [0.5, 0.6) is 0 Å². The lowest BCUT2D eigenvalue weighted by Gasteiger charge is -2.09. The second-order valence-corrected chi connectivity index (χ2v) is 5.67. The first-order valence-corrected chi connectivity index (χ1v) is 7.71. The molecule has 1 unspecified atom stereocenters. The van der Waals surface area contributed by atoms with E-state index in [-0.39, 0.29) is 0 Å². The van der Waals surface area contributed by atoms with E-state index in [0.29, 0.717) is 6.04 Å². The van der Waals surface area contributed by atoms with Crippen LogP contribution in [-0.2, 0) is 6.42 Å². The predicted molar refractivity (Wildman–Crippen MR) is 81.4 cm³/mol. The zero-order valence-electron chi connectivity index (χ0n) is 11.8. The molecule has 0 aliphatic heterocycles. The predicted octanol–water partition coefficient (Wildman–Crippen LogP) is 3.83. The van der Waals surface area contributed by atoms with E-state index < -0.39 is 0 Å². The van der Waals surface area contributed by atoms with Gasteiger partial charge in [0.15, 0.2) is 0 Å². The Morgan fingerprint density at radius 2 is 2.16 bits per heavy atom. The summed E-state index contributed by atoms with van der Waals surface area (Å²) in [5.41, 5.74) is 2.29. The molecule has 4 heteroatoms. The van der Waals surface area contributed by atoms with Crippen molar-refractivity contribution in [1.82, 2.24) is 15.3 Å². The fourth-order valence-electron chi connectivity index (χ4n) is 1.97. The molecule has 0 aliphatic carbocycles. The van der Waals surface area contributed by atoms with Crippen molar-refractivity contribution < 1.29 is 0 Å². The summed E-state index contributed by atoms with van der Waals surface area (Å²) in [4.78, 5) is 10.3. The van der Waals surface area contributed by atoms with Crippen LogP contribution in [0.4, 0.5) is 0 Å². The van der Waals surface area contributed by atoms with Gasteiger partial charge >= 0.3 is 0 Å². The van der Waals surface area contributed by atoms with Crippen LogP contribution in [0.1, 0.15) is 43.7 Å². The summed E-state index contributed by atoms with van der Waals surface area (Å²) in [6.45, 7) is 7.56. The molecular weight excluding hydrogens is 254 g/mol. The molecule has 0 aliphatic rings. The molecule has 2 aromatic rings. The monoisotopic (exact) mass is 275 g/mol. The van der Waals surface area contributed by atoms with E-state index in [2.05, 4.69) is 42.1 Å². The highest BCUT2D eigenvalue weighted by molar-refractivity contribution is 7.15. The minimum Gasteiger partial charge on any atom is -0.309 e. The number of hydrogen-bond acceptors (Lipinski definition) is 4. The minimum atomic E-state index is 0.361. The van der Waals surface area contributed by atoms with E-state index in [1.54, 1.807) is 11.3 Å². The van der Waals surface area contributed by atoms with E-state index in [9.17, 15) is 0 Å². The van der Waals surface area contributed by atoms with Crippen LogP contribution in [0.25, 0.3) is 10.7 Å². The number of aryl methyl sites for hydroxylation is 1. The van der Waals surface area contributed by atoms with E-state index in [0.717, 1.165) is 30.1 Å². The molecule has 102 valence electrons. The highest BCUT2D eigenvalue weighted by atomic mass is 32.1. The molecule has 0 radical (unpaired) electrons. The molecule has 0 amide bonds. The third-order valence-corrected chi connectivity index (χ3v) is 4.31. The maximum Gasteiger partial charge on any atom is 0.142 e. The zero-order valence-corrected chi connectivity index (χ0v) is 12.6. The second-order valence-electron chi connectivity index (χ2n) is 4.61. The Bertz CT molecular complexity index is 522. The minimum absolute atomic E-state index is 0.361. The lowest BCUT2D eigenvalue weighted by atomic mass is 10.1. The Labute approximate surface area is 119 Å². The number of thiazole rings is 1. The smallest absolute Gasteiger partial charge is 0.142 e. The maximum atomic E-state index is 4.54. The Morgan fingerprint density at radius 3 is 2.89 bits per heavy atom. The summed E-state index contributed by atoms with van der Waals surface area (Å²) in [7, 11) is 0. The Hall–Kier alpha value is -1.26. The van der Waals surface area contributed by atoms with Crippen molar-refractivity contribution in [3.63, 3.8) is 0 Å². The van der Waals surface area contributed by atoms with Gasteiger partial charge in [-0.05, 0) is 37.9 Å². The molecule has 1 N–H and O–H groups in total. The summed E-state index contributed by atoms with van der Waals surface area (Å²) in [5.74, 6) is 0. The third kappa shape index (κ3) is 3.39. The second kappa shape index (κ2) is 6.78. The standard InChI is InChI=1S/C15H21N3S/c1-4-8-16-11(3)13-10-18-15(19-13)14-12(5-2)7-6-9-17-14/h6-7,9-11,16H,4-5,8H2,1-3H3. The average molecular weight is 275 g/mol. The molecule has 3 nitrogen and oxygen atoms in total. The molecule has 0 spiro atoms. The molecular formula is C15H21N3S. The first-order valence-electron chi connectivity index (χ1n) is 6.89. The molecule has 2 rings (SSSR count). The molecule has 0 aromatic carbocycles. The Kier molecular flexibility index (Phi) is 5.05. The molecule has 1 atom stereocenters. The van der Waals surface area contributed by atoms with Gasteiger partial charge in [0.1, 0.15) is 10.7 Å². The van der Waals surface area contributed by atoms with Crippen molar-refractivity contribution in [1.29, 1.82) is 0 Å². The number of nitrogens with zero attached hydrogens (tertiary/aromatic N) is 2. The normalized spacial score (nSPS) is 12.6. The van der Waals surface area contributed by atoms with Crippen LogP contribution in [-0.4, -0.2) is 16.5 Å². The summed E-state index contributed by atoms with van der Waals surface area (Å²) in [6, 6.07) is 4.48. The van der Waals surface area contributed by atoms with Crippen LogP contribution in [0.15, 0.2) is 24.5 Å². The molecule has 0 fully saturated rings. The van der Waals surface area contributed by atoms with Gasteiger partial charge in [-0.3, -0.25) is 4.98 Å². The summed E-state index contributed by atoms with van der Waals surface area (Å²) >= 11 is 1.74. The summed E-state index contributed by atoms with van der Waals surface area (Å²) < 4.78 is 0. The van der Waals surface area contributed by atoms with Crippen molar-refractivity contribution in [2.45, 2.75) is 39.7 Å². The lowest BCUT2D eigenvalue weighted by molar-refractivity contribution is 0.577. The number of nitrogens with one attached hydrogen (secondary N) is 1. The molecule has 2 aromatic heterocycles. The van der Waals surface area contributed by atoms with Gasteiger partial charge in [-0.2, -0.15) is 0 Å². The zero-order chi connectivity index (χ0) is 13.7. The van der Waals surface area contributed by atoms with Gasteiger partial charge in [-0.1, -0.05) is 19.9 Å². The van der Waals surface area contributed by atoms with Gasteiger partial charge in [0.05, 0.1) is 0 Å². The molecule has 0 bridgehead atoms. The quantitative estimate of drug-likeness (QED) is 0.870. The van der Waals surface area contributed by atoms with Gasteiger partial charge in [0, 0.05) is 23.3 Å². The highest BCUT2D eigenvalue weighted by Crippen LogP contribution is 2.29. The SMILES string of the molecule is CCCNC(C)c1cnc(-c2ncccc2CC)s1. The van der Waals surface area contributed by atoms with Gasteiger partial charge in [-0.25, -0.2) is 4.98 Å². The van der Waals surface area contributed by atoms with E-state index in [4.69, 9.17) is 0 Å². The third-order valence-electron chi connectivity index (χ3n) is 3.13. The van der Waals surface area contributed by atoms with Crippen molar-refractivity contribution >= 4 is 11.3 Å². The molecule has 2 heterocycles. The molecule has 19 heavy (non-hydrogen) atoms. The summed E-state index contributed by atoms with van der Waals surface area (Å²) in [5, 5.41) is 4.52. The highest BCUT2D eigenvalue weighted by Gasteiger charge is 2.13. The van der Waals surface area contributed by atoms with Crippen molar-refractivity contribution in [2.75, 3.05) is 6.54 Å². The Balaban J connectivity index is 2.20. The largest absolute Gasteiger partial charge is 0.309 e. The van der Waals surface area contributed by atoms with Gasteiger partial charge in [0.25, 0.3) is 0 Å². The van der Waals surface area contributed by atoms with Gasteiger partial charge in [-0.15, -0.1) is 11.3 Å². The molecule has 0 saturated carbocycles. The first kappa shape index (κ1) is 14.2. The average Bonchev–Trinajstić information content (AvgIpc) is 2.94. The fraction of sp³-hybridized carbons (Fsp3) is 0.467. The Morgan fingerprint density at radius 1 is 1.32 bits per heavy atom. The van der Waals surface area contributed by atoms with Gasteiger partial charge < -0.3 is 5.32 Å². The first-order chi connectivity index (χ1) is 9.26. The number of hydrogen-bond donors (Lipinski definition) is 1. The molecule has 0 saturated heterocycles. The number of pyridine rings is 1. The lowest BCUT2D eigenvalue weighted by Crippen LogP contribution is -2.18. The van der Waals surface area contributed by atoms with Crippen molar-refractivity contribution in [2.24, 2.45) is 0 Å². The number of aromatic nitrogens is 2. The van der Waals surface area contributed by atoms with Crippen LogP contribution in [0.3, 0.4) is 0 Å². The van der Waals surface area contributed by atoms with Crippen LogP contribution >= 0.6 is 11.3 Å². The topological polar surface area (TPSA) is 37.8 Å².